The molecule has 1 aromatic rings. The molecule has 0 spiro atoms. The van der Waals surface area contributed by atoms with E-state index in [1.807, 2.05) is 0 Å². The Hall–Kier alpha value is -1.75. The first-order valence-electron chi connectivity index (χ1n) is 5.58. The number of piperazine rings is 1. The summed E-state index contributed by atoms with van der Waals surface area (Å²) in [6.07, 6.45) is 0. The molecule has 1 heterocycles. The molecule has 1 atom stereocenters. The van der Waals surface area contributed by atoms with E-state index in [1.165, 1.54) is 23.1 Å². The molecule has 96 valence electrons. The molecule has 0 aromatic heterocycles. The summed E-state index contributed by atoms with van der Waals surface area (Å²) in [6.45, 7) is 2.47. The Labute approximate surface area is 109 Å². The third-order valence-corrected chi connectivity index (χ3v) is 3.18. The van der Waals surface area contributed by atoms with Gasteiger partial charge < -0.3 is 15.3 Å². The van der Waals surface area contributed by atoms with Crippen LogP contribution in [0.25, 0.3) is 0 Å². The standard InChI is InChI=1S/C12H13ClN2O3/c1-7-11(17)14-4-5-15(7)12(18)9-6-8(13)2-3-10(9)16/h2-3,6-7,16H,4-5H2,1H3,(H,14,17). The van der Waals surface area contributed by atoms with Gasteiger partial charge in [-0.2, -0.15) is 0 Å². The Bertz CT molecular complexity index is 504. The molecule has 1 unspecified atom stereocenters. The number of nitrogens with one attached hydrogen (secondary N) is 1. The Morgan fingerprint density at radius 1 is 1.56 bits per heavy atom. The molecule has 0 aliphatic carbocycles. The molecule has 6 heteroatoms. The van der Waals surface area contributed by atoms with Crippen molar-refractivity contribution >= 4 is 23.4 Å². The minimum absolute atomic E-state index is 0.115. The van der Waals surface area contributed by atoms with E-state index in [9.17, 15) is 14.7 Å². The van der Waals surface area contributed by atoms with Crippen LogP contribution in [0.2, 0.25) is 5.02 Å². The van der Waals surface area contributed by atoms with E-state index in [-0.39, 0.29) is 17.2 Å². The summed E-state index contributed by atoms with van der Waals surface area (Å²) >= 11 is 5.80. The summed E-state index contributed by atoms with van der Waals surface area (Å²) in [5.41, 5.74) is 0.115. The Morgan fingerprint density at radius 2 is 2.28 bits per heavy atom. The number of phenols is 1. The molecule has 2 N–H and O–H groups in total. The monoisotopic (exact) mass is 268 g/mol. The van der Waals surface area contributed by atoms with Gasteiger partial charge in [0.05, 0.1) is 5.56 Å². The van der Waals surface area contributed by atoms with Crippen molar-refractivity contribution in [2.45, 2.75) is 13.0 Å². The Morgan fingerprint density at radius 3 is 3.00 bits per heavy atom. The van der Waals surface area contributed by atoms with Gasteiger partial charge in [-0.05, 0) is 25.1 Å². The molecule has 0 bridgehead atoms. The number of halogens is 1. The fourth-order valence-corrected chi connectivity index (χ4v) is 2.07. The van der Waals surface area contributed by atoms with Crippen LogP contribution in [-0.4, -0.2) is 41.0 Å². The molecular weight excluding hydrogens is 256 g/mol. The van der Waals surface area contributed by atoms with Crippen molar-refractivity contribution in [1.82, 2.24) is 10.2 Å². The van der Waals surface area contributed by atoms with Crippen molar-refractivity contribution in [3.63, 3.8) is 0 Å². The first kappa shape index (κ1) is 12.7. The fourth-order valence-electron chi connectivity index (χ4n) is 1.89. The minimum Gasteiger partial charge on any atom is -0.507 e. The lowest BCUT2D eigenvalue weighted by Gasteiger charge is -2.33. The predicted octanol–water partition coefficient (Wildman–Crippen LogP) is 1.01. The van der Waals surface area contributed by atoms with Crippen LogP contribution in [0.3, 0.4) is 0 Å². The van der Waals surface area contributed by atoms with Gasteiger partial charge in [0.15, 0.2) is 0 Å². The first-order valence-corrected chi connectivity index (χ1v) is 5.95. The quantitative estimate of drug-likeness (QED) is 0.799. The van der Waals surface area contributed by atoms with Crippen LogP contribution in [0.15, 0.2) is 18.2 Å². The molecule has 1 aliphatic heterocycles. The lowest BCUT2D eigenvalue weighted by atomic mass is 10.1. The van der Waals surface area contributed by atoms with Crippen LogP contribution in [0.5, 0.6) is 5.75 Å². The highest BCUT2D eigenvalue weighted by atomic mass is 35.5. The molecule has 0 saturated carbocycles. The zero-order chi connectivity index (χ0) is 13.3. The van der Waals surface area contributed by atoms with Crippen molar-refractivity contribution < 1.29 is 14.7 Å². The third kappa shape index (κ3) is 2.26. The van der Waals surface area contributed by atoms with Gasteiger partial charge in [-0.15, -0.1) is 0 Å². The molecule has 1 aliphatic rings. The van der Waals surface area contributed by atoms with Gasteiger partial charge in [0.1, 0.15) is 11.8 Å². The molecule has 2 amide bonds. The molecule has 1 aromatic carbocycles. The Kier molecular flexibility index (Phi) is 3.43. The van der Waals surface area contributed by atoms with Crippen LogP contribution in [-0.2, 0) is 4.79 Å². The zero-order valence-corrected chi connectivity index (χ0v) is 10.6. The molecule has 0 radical (unpaired) electrons. The molecule has 18 heavy (non-hydrogen) atoms. The van der Waals surface area contributed by atoms with Gasteiger partial charge >= 0.3 is 0 Å². The summed E-state index contributed by atoms with van der Waals surface area (Å²) in [5.74, 6) is -0.726. The van der Waals surface area contributed by atoms with Gasteiger partial charge in [-0.1, -0.05) is 11.6 Å². The van der Waals surface area contributed by atoms with Crippen LogP contribution in [0.1, 0.15) is 17.3 Å². The van der Waals surface area contributed by atoms with E-state index < -0.39 is 11.9 Å². The largest absolute Gasteiger partial charge is 0.507 e. The number of phenolic OH excluding ortho intramolecular Hbond substituents is 1. The fraction of sp³-hybridized carbons (Fsp3) is 0.333. The maximum absolute atomic E-state index is 12.3. The first-order chi connectivity index (χ1) is 8.50. The second kappa shape index (κ2) is 4.86. The van der Waals surface area contributed by atoms with Crippen LogP contribution in [0, 0.1) is 0 Å². The molecular formula is C12H13ClN2O3. The topological polar surface area (TPSA) is 69.6 Å². The summed E-state index contributed by atoms with van der Waals surface area (Å²) in [7, 11) is 0. The van der Waals surface area contributed by atoms with Gasteiger partial charge in [-0.3, -0.25) is 9.59 Å². The third-order valence-electron chi connectivity index (χ3n) is 2.95. The van der Waals surface area contributed by atoms with E-state index in [4.69, 9.17) is 11.6 Å². The van der Waals surface area contributed by atoms with Crippen molar-refractivity contribution in [2.24, 2.45) is 0 Å². The van der Waals surface area contributed by atoms with Crippen LogP contribution >= 0.6 is 11.6 Å². The van der Waals surface area contributed by atoms with Crippen LogP contribution in [0.4, 0.5) is 0 Å². The summed E-state index contributed by atoms with van der Waals surface area (Å²) in [5, 5.41) is 12.7. The van der Waals surface area contributed by atoms with E-state index in [1.54, 1.807) is 6.92 Å². The lowest BCUT2D eigenvalue weighted by Crippen LogP contribution is -2.55. The summed E-state index contributed by atoms with van der Waals surface area (Å²) in [4.78, 5) is 25.2. The highest BCUT2D eigenvalue weighted by Crippen LogP contribution is 2.24. The molecule has 1 saturated heterocycles. The van der Waals surface area contributed by atoms with Crippen LogP contribution < -0.4 is 5.32 Å². The molecule has 1 fully saturated rings. The average molecular weight is 269 g/mol. The molecule has 2 rings (SSSR count). The second-order valence-electron chi connectivity index (χ2n) is 4.13. The van der Waals surface area contributed by atoms with E-state index in [0.717, 1.165) is 0 Å². The second-order valence-corrected chi connectivity index (χ2v) is 4.56. The van der Waals surface area contributed by atoms with E-state index >= 15 is 0 Å². The predicted molar refractivity (Wildman–Crippen MR) is 66.6 cm³/mol. The number of hydrogen-bond acceptors (Lipinski definition) is 3. The average Bonchev–Trinajstić information content (AvgIpc) is 2.35. The van der Waals surface area contributed by atoms with Gasteiger partial charge in [0.25, 0.3) is 5.91 Å². The van der Waals surface area contributed by atoms with Gasteiger partial charge in [-0.25, -0.2) is 0 Å². The highest BCUT2D eigenvalue weighted by Gasteiger charge is 2.31. The SMILES string of the molecule is CC1C(=O)NCCN1C(=O)c1cc(Cl)ccc1O. The van der Waals surface area contributed by atoms with Crippen molar-refractivity contribution in [3.05, 3.63) is 28.8 Å². The number of rotatable bonds is 1. The maximum Gasteiger partial charge on any atom is 0.258 e. The van der Waals surface area contributed by atoms with Crippen molar-refractivity contribution in [1.29, 1.82) is 0 Å². The van der Waals surface area contributed by atoms with E-state index in [0.29, 0.717) is 18.1 Å². The minimum atomic E-state index is -0.551. The van der Waals surface area contributed by atoms with Gasteiger partial charge in [0, 0.05) is 18.1 Å². The molecule has 5 nitrogen and oxygen atoms in total. The lowest BCUT2D eigenvalue weighted by molar-refractivity contribution is -0.127. The number of nitrogens with zero attached hydrogens (tertiary/aromatic N) is 1. The maximum atomic E-state index is 12.3. The number of carbonyl (C=O) groups is 2. The normalized spacial score (nSPS) is 19.6. The summed E-state index contributed by atoms with van der Waals surface area (Å²) in [6, 6.07) is 3.72. The number of amides is 2. The Balaban J connectivity index is 2.30. The van der Waals surface area contributed by atoms with Gasteiger partial charge in [0.2, 0.25) is 5.91 Å². The van der Waals surface area contributed by atoms with E-state index in [2.05, 4.69) is 5.32 Å². The number of benzene rings is 1. The number of carbonyl (C=O) groups excluding carboxylic acids is 2. The van der Waals surface area contributed by atoms with Crippen molar-refractivity contribution in [2.75, 3.05) is 13.1 Å². The highest BCUT2D eigenvalue weighted by molar-refractivity contribution is 6.31. The summed E-state index contributed by atoms with van der Waals surface area (Å²) < 4.78 is 0. The zero-order valence-electron chi connectivity index (χ0n) is 9.81. The van der Waals surface area contributed by atoms with Crippen molar-refractivity contribution in [3.8, 4) is 5.75 Å². The number of aromatic hydroxyl groups is 1. The number of hydrogen-bond donors (Lipinski definition) is 2. The smallest absolute Gasteiger partial charge is 0.258 e.